The second kappa shape index (κ2) is 6.68. The van der Waals surface area contributed by atoms with Crippen LogP contribution in [-0.2, 0) is 0 Å². The maximum atomic E-state index is 12.0. The highest BCUT2D eigenvalue weighted by atomic mass is 35.5. The molecule has 7 heteroatoms. The number of aromatic hydroxyl groups is 2. The van der Waals surface area contributed by atoms with Crippen LogP contribution in [0.5, 0.6) is 11.5 Å². The van der Waals surface area contributed by atoms with Gasteiger partial charge in [0, 0.05) is 11.1 Å². The lowest BCUT2D eigenvalue weighted by Crippen LogP contribution is -2.19. The number of nitrogens with zero attached hydrogens (tertiary/aromatic N) is 1. The van der Waals surface area contributed by atoms with Crippen LogP contribution in [0.15, 0.2) is 41.5 Å². The molecule has 0 radical (unpaired) electrons. The van der Waals surface area contributed by atoms with E-state index in [-0.39, 0.29) is 16.5 Å². The van der Waals surface area contributed by atoms with Gasteiger partial charge in [0.15, 0.2) is 11.5 Å². The zero-order valence-corrected chi connectivity index (χ0v) is 13.0. The lowest BCUT2D eigenvalue weighted by atomic mass is 10.1. The molecule has 0 saturated heterocycles. The fraction of sp³-hybridized carbons (Fsp3) is 0.0667. The molecule has 2 rings (SSSR count). The Kier molecular flexibility index (Phi) is 4.90. The first-order valence-electron chi connectivity index (χ1n) is 6.20. The summed E-state index contributed by atoms with van der Waals surface area (Å²) in [5.74, 6) is -0.930. The smallest absolute Gasteiger partial charge is 0.271 e. The van der Waals surface area contributed by atoms with Gasteiger partial charge in [-0.25, -0.2) is 5.43 Å². The molecule has 22 heavy (non-hydrogen) atoms. The van der Waals surface area contributed by atoms with Crippen LogP contribution in [0.1, 0.15) is 22.8 Å². The Morgan fingerprint density at radius 3 is 2.32 bits per heavy atom. The van der Waals surface area contributed by atoms with Crippen molar-refractivity contribution in [3.63, 3.8) is 0 Å². The summed E-state index contributed by atoms with van der Waals surface area (Å²) < 4.78 is 0. The van der Waals surface area contributed by atoms with Crippen LogP contribution < -0.4 is 5.43 Å². The Bertz CT molecular complexity index is 760. The van der Waals surface area contributed by atoms with Crippen LogP contribution in [0, 0.1) is 0 Å². The molecule has 0 heterocycles. The number of rotatable bonds is 3. The molecule has 2 aromatic rings. The fourth-order valence-electron chi connectivity index (χ4n) is 1.65. The minimum absolute atomic E-state index is 0.226. The zero-order chi connectivity index (χ0) is 16.3. The van der Waals surface area contributed by atoms with Gasteiger partial charge in [0.05, 0.1) is 15.8 Å². The Balaban J connectivity index is 2.14. The molecule has 114 valence electrons. The van der Waals surface area contributed by atoms with Gasteiger partial charge in [-0.05, 0) is 43.3 Å². The molecule has 0 atom stereocenters. The van der Waals surface area contributed by atoms with Crippen LogP contribution in [-0.4, -0.2) is 21.8 Å². The Morgan fingerprint density at radius 2 is 1.68 bits per heavy atom. The predicted octanol–water partition coefficient (Wildman–Crippen LogP) is 3.56. The molecule has 2 aromatic carbocycles. The number of hydrazone groups is 1. The van der Waals surface area contributed by atoms with Crippen molar-refractivity contribution in [2.24, 2.45) is 5.10 Å². The van der Waals surface area contributed by atoms with E-state index in [0.29, 0.717) is 21.9 Å². The van der Waals surface area contributed by atoms with Crippen molar-refractivity contribution in [1.82, 2.24) is 5.43 Å². The van der Waals surface area contributed by atoms with Crippen LogP contribution in [0.2, 0.25) is 10.0 Å². The minimum atomic E-state index is -0.444. The van der Waals surface area contributed by atoms with Crippen molar-refractivity contribution in [2.45, 2.75) is 6.92 Å². The zero-order valence-electron chi connectivity index (χ0n) is 11.5. The van der Waals surface area contributed by atoms with Crippen molar-refractivity contribution in [3.05, 3.63) is 57.6 Å². The van der Waals surface area contributed by atoms with Gasteiger partial charge in [0.1, 0.15) is 0 Å². The molecular formula is C15H12Cl2N2O3. The molecule has 0 aliphatic carbocycles. The van der Waals surface area contributed by atoms with E-state index in [1.807, 2.05) is 0 Å². The predicted molar refractivity (Wildman–Crippen MR) is 85.9 cm³/mol. The summed E-state index contributed by atoms with van der Waals surface area (Å²) in [6, 6.07) is 8.74. The number of halogens is 2. The summed E-state index contributed by atoms with van der Waals surface area (Å²) in [4.78, 5) is 12.0. The van der Waals surface area contributed by atoms with E-state index < -0.39 is 5.91 Å². The number of phenolic OH excluding ortho intramolecular Hbond substituents is 2. The molecule has 1 amide bonds. The summed E-state index contributed by atoms with van der Waals surface area (Å²) in [6.07, 6.45) is 0. The molecule has 0 spiro atoms. The maximum absolute atomic E-state index is 12.0. The van der Waals surface area contributed by atoms with Gasteiger partial charge in [-0.1, -0.05) is 23.2 Å². The third-order valence-electron chi connectivity index (χ3n) is 2.90. The quantitative estimate of drug-likeness (QED) is 0.454. The van der Waals surface area contributed by atoms with Crippen LogP contribution in [0.25, 0.3) is 0 Å². The second-order valence-electron chi connectivity index (χ2n) is 4.47. The van der Waals surface area contributed by atoms with Gasteiger partial charge in [-0.15, -0.1) is 0 Å². The number of carbonyl (C=O) groups is 1. The average molecular weight is 339 g/mol. The highest BCUT2D eigenvalue weighted by Gasteiger charge is 2.08. The monoisotopic (exact) mass is 338 g/mol. The van der Waals surface area contributed by atoms with Gasteiger partial charge in [-0.3, -0.25) is 4.79 Å². The summed E-state index contributed by atoms with van der Waals surface area (Å²) in [5, 5.41) is 23.3. The maximum Gasteiger partial charge on any atom is 0.271 e. The summed E-state index contributed by atoms with van der Waals surface area (Å²) >= 11 is 11.6. The molecule has 0 aromatic heterocycles. The van der Waals surface area contributed by atoms with Crippen molar-refractivity contribution in [3.8, 4) is 11.5 Å². The molecule has 3 N–H and O–H groups in total. The first-order valence-corrected chi connectivity index (χ1v) is 6.96. The van der Waals surface area contributed by atoms with Crippen LogP contribution in [0.3, 0.4) is 0 Å². The van der Waals surface area contributed by atoms with Crippen molar-refractivity contribution in [1.29, 1.82) is 0 Å². The van der Waals surface area contributed by atoms with Crippen molar-refractivity contribution < 1.29 is 15.0 Å². The third kappa shape index (κ3) is 3.69. The van der Waals surface area contributed by atoms with E-state index in [1.54, 1.807) is 13.0 Å². The number of carbonyl (C=O) groups excluding carboxylic acids is 1. The van der Waals surface area contributed by atoms with E-state index in [9.17, 15) is 15.0 Å². The Morgan fingerprint density at radius 1 is 1.00 bits per heavy atom. The summed E-state index contributed by atoms with van der Waals surface area (Å²) in [5.41, 5.74) is 3.72. The molecule has 0 aliphatic rings. The Labute approximate surface area is 136 Å². The summed E-state index contributed by atoms with van der Waals surface area (Å²) in [7, 11) is 0. The van der Waals surface area contributed by atoms with Crippen LogP contribution in [0.4, 0.5) is 0 Å². The van der Waals surface area contributed by atoms with E-state index in [2.05, 4.69) is 10.5 Å². The third-order valence-corrected chi connectivity index (χ3v) is 3.64. The van der Waals surface area contributed by atoms with Gasteiger partial charge < -0.3 is 10.2 Å². The van der Waals surface area contributed by atoms with Gasteiger partial charge in [-0.2, -0.15) is 5.10 Å². The largest absolute Gasteiger partial charge is 0.504 e. The van der Waals surface area contributed by atoms with E-state index in [0.717, 1.165) is 0 Å². The molecule has 0 bridgehead atoms. The van der Waals surface area contributed by atoms with Gasteiger partial charge >= 0.3 is 0 Å². The second-order valence-corrected chi connectivity index (χ2v) is 5.28. The molecule has 5 nitrogen and oxygen atoms in total. The van der Waals surface area contributed by atoms with Gasteiger partial charge in [0.25, 0.3) is 5.91 Å². The number of phenols is 2. The molecular weight excluding hydrogens is 327 g/mol. The lowest BCUT2D eigenvalue weighted by molar-refractivity contribution is 0.0955. The molecule has 0 saturated carbocycles. The van der Waals surface area contributed by atoms with Crippen molar-refractivity contribution >= 4 is 34.8 Å². The molecule has 0 aliphatic heterocycles. The standard InChI is InChI=1S/C15H12Cl2N2O3/c1-8(9-3-5-13(20)14(21)7-9)18-19-15(22)10-2-4-11(16)12(17)6-10/h2-7,20-21H,1H3,(H,19,22). The SMILES string of the molecule is CC(=NNC(=O)c1ccc(Cl)c(Cl)c1)c1ccc(O)c(O)c1. The number of hydrogen-bond acceptors (Lipinski definition) is 4. The Hall–Kier alpha value is -2.24. The highest BCUT2D eigenvalue weighted by molar-refractivity contribution is 6.42. The van der Waals surface area contributed by atoms with Crippen molar-refractivity contribution in [2.75, 3.05) is 0 Å². The van der Waals surface area contributed by atoms with E-state index in [1.165, 1.54) is 30.3 Å². The van der Waals surface area contributed by atoms with E-state index >= 15 is 0 Å². The first kappa shape index (κ1) is 16.1. The minimum Gasteiger partial charge on any atom is -0.504 e. The normalized spacial score (nSPS) is 11.3. The van der Waals surface area contributed by atoms with E-state index in [4.69, 9.17) is 23.2 Å². The number of benzene rings is 2. The topological polar surface area (TPSA) is 81.9 Å². The molecule has 0 unspecified atom stereocenters. The first-order chi connectivity index (χ1) is 10.4. The van der Waals surface area contributed by atoms with Gasteiger partial charge in [0.2, 0.25) is 0 Å². The lowest BCUT2D eigenvalue weighted by Gasteiger charge is -2.05. The van der Waals surface area contributed by atoms with Crippen LogP contribution >= 0.6 is 23.2 Å². The number of nitrogens with one attached hydrogen (secondary N) is 1. The molecule has 0 fully saturated rings. The summed E-state index contributed by atoms with van der Waals surface area (Å²) in [6.45, 7) is 1.65. The number of amides is 1. The highest BCUT2D eigenvalue weighted by Crippen LogP contribution is 2.25. The number of hydrogen-bond donors (Lipinski definition) is 3. The average Bonchev–Trinajstić information content (AvgIpc) is 2.50. The fourth-order valence-corrected chi connectivity index (χ4v) is 1.95.